The molecular formula is C26H21ClN4O5S. The van der Waals surface area contributed by atoms with Gasteiger partial charge in [-0.2, -0.15) is 5.10 Å². The molecule has 0 fully saturated rings. The SMILES string of the molecule is O=[N+]([O-])c1ccc(N/N=C\c2cccc(OCc3ccccc3)c2)c(S(=O)(=O)Nc2ccc(Cl)cc2)c1. The van der Waals surface area contributed by atoms with Crippen molar-refractivity contribution in [3.63, 3.8) is 0 Å². The number of hydrazone groups is 1. The van der Waals surface area contributed by atoms with Crippen LogP contribution in [0.3, 0.4) is 0 Å². The molecule has 0 spiro atoms. The van der Waals surface area contributed by atoms with Crippen molar-refractivity contribution >= 4 is 44.9 Å². The van der Waals surface area contributed by atoms with Crippen LogP contribution in [0.1, 0.15) is 11.1 Å². The Morgan fingerprint density at radius 2 is 1.70 bits per heavy atom. The zero-order valence-electron chi connectivity index (χ0n) is 19.2. The Hall–Kier alpha value is -4.41. The van der Waals surface area contributed by atoms with Gasteiger partial charge in [0.1, 0.15) is 17.3 Å². The van der Waals surface area contributed by atoms with E-state index in [4.69, 9.17) is 16.3 Å². The van der Waals surface area contributed by atoms with E-state index in [2.05, 4.69) is 15.2 Å². The highest BCUT2D eigenvalue weighted by Gasteiger charge is 2.22. The molecular weight excluding hydrogens is 516 g/mol. The summed E-state index contributed by atoms with van der Waals surface area (Å²) in [6.45, 7) is 0.407. The Balaban J connectivity index is 1.52. The molecule has 0 saturated heterocycles. The van der Waals surface area contributed by atoms with E-state index in [0.29, 0.717) is 22.9 Å². The molecule has 0 unspecified atom stereocenters. The summed E-state index contributed by atoms with van der Waals surface area (Å²) in [5.74, 6) is 0.638. The van der Waals surface area contributed by atoms with Crippen LogP contribution < -0.4 is 14.9 Å². The number of nitrogens with zero attached hydrogens (tertiary/aromatic N) is 2. The van der Waals surface area contributed by atoms with Gasteiger partial charge in [0.15, 0.2) is 0 Å². The van der Waals surface area contributed by atoms with E-state index in [1.54, 1.807) is 18.2 Å². The summed E-state index contributed by atoms with van der Waals surface area (Å²) in [6.07, 6.45) is 1.49. The Bertz CT molecular complexity index is 1530. The van der Waals surface area contributed by atoms with E-state index in [0.717, 1.165) is 11.6 Å². The second-order valence-electron chi connectivity index (χ2n) is 7.77. The minimum atomic E-state index is -4.20. The molecule has 0 heterocycles. The Labute approximate surface area is 218 Å². The first-order valence-corrected chi connectivity index (χ1v) is 12.8. The lowest BCUT2D eigenvalue weighted by Gasteiger charge is -2.12. The summed E-state index contributed by atoms with van der Waals surface area (Å²) in [5, 5.41) is 15.8. The van der Waals surface area contributed by atoms with Gasteiger partial charge in [-0.3, -0.25) is 20.3 Å². The van der Waals surface area contributed by atoms with Gasteiger partial charge in [-0.1, -0.05) is 54.1 Å². The fourth-order valence-corrected chi connectivity index (χ4v) is 4.63. The first-order chi connectivity index (χ1) is 17.8. The predicted molar refractivity (Wildman–Crippen MR) is 144 cm³/mol. The largest absolute Gasteiger partial charge is 0.489 e. The van der Waals surface area contributed by atoms with Crippen molar-refractivity contribution in [1.82, 2.24) is 0 Å². The van der Waals surface area contributed by atoms with Crippen molar-refractivity contribution < 1.29 is 18.1 Å². The zero-order chi connectivity index (χ0) is 26.3. The van der Waals surface area contributed by atoms with Crippen molar-refractivity contribution in [1.29, 1.82) is 0 Å². The highest BCUT2D eigenvalue weighted by Crippen LogP contribution is 2.28. The molecule has 188 valence electrons. The molecule has 0 bridgehead atoms. The lowest BCUT2D eigenvalue weighted by molar-refractivity contribution is -0.385. The smallest absolute Gasteiger partial charge is 0.270 e. The summed E-state index contributed by atoms with van der Waals surface area (Å²) in [5.41, 5.74) is 4.32. The van der Waals surface area contributed by atoms with E-state index in [1.165, 1.54) is 42.6 Å². The molecule has 0 radical (unpaired) electrons. The number of nitro groups is 1. The van der Waals surface area contributed by atoms with E-state index < -0.39 is 14.9 Å². The summed E-state index contributed by atoms with van der Waals surface area (Å²) >= 11 is 5.86. The number of anilines is 2. The van der Waals surface area contributed by atoms with Crippen LogP contribution in [-0.4, -0.2) is 19.6 Å². The quantitative estimate of drug-likeness (QED) is 0.144. The first-order valence-electron chi connectivity index (χ1n) is 10.9. The molecule has 9 nitrogen and oxygen atoms in total. The van der Waals surface area contributed by atoms with Gasteiger partial charge < -0.3 is 4.74 Å². The number of rotatable bonds is 10. The number of benzene rings is 4. The molecule has 0 atom stereocenters. The van der Waals surface area contributed by atoms with Crippen molar-refractivity contribution in [3.8, 4) is 5.75 Å². The highest BCUT2D eigenvalue weighted by molar-refractivity contribution is 7.92. The lowest BCUT2D eigenvalue weighted by Crippen LogP contribution is -2.15. The molecule has 4 rings (SSSR count). The zero-order valence-corrected chi connectivity index (χ0v) is 20.8. The van der Waals surface area contributed by atoms with Gasteiger partial charge >= 0.3 is 0 Å². The van der Waals surface area contributed by atoms with Crippen molar-refractivity contribution in [3.05, 3.63) is 123 Å². The number of halogens is 1. The number of nitrogens with one attached hydrogen (secondary N) is 2. The average Bonchev–Trinajstić information content (AvgIpc) is 2.89. The van der Waals surface area contributed by atoms with Crippen LogP contribution in [0.4, 0.5) is 17.1 Å². The molecule has 0 aliphatic heterocycles. The minimum absolute atomic E-state index is 0.0554. The summed E-state index contributed by atoms with van der Waals surface area (Å²) in [6, 6.07) is 26.4. The van der Waals surface area contributed by atoms with E-state index in [-0.39, 0.29) is 22.0 Å². The third-order valence-corrected chi connectivity index (χ3v) is 6.74. The molecule has 0 aromatic heterocycles. The molecule has 37 heavy (non-hydrogen) atoms. The molecule has 4 aromatic carbocycles. The van der Waals surface area contributed by atoms with Gasteiger partial charge in [-0.25, -0.2) is 8.42 Å². The van der Waals surface area contributed by atoms with Gasteiger partial charge in [-0.15, -0.1) is 0 Å². The van der Waals surface area contributed by atoms with Crippen LogP contribution >= 0.6 is 11.6 Å². The van der Waals surface area contributed by atoms with Crippen LogP contribution in [0.5, 0.6) is 5.75 Å². The fraction of sp³-hybridized carbons (Fsp3) is 0.0385. The number of hydrogen-bond donors (Lipinski definition) is 2. The number of sulfonamides is 1. The second kappa shape index (κ2) is 11.5. The van der Waals surface area contributed by atoms with Crippen molar-refractivity contribution in [2.75, 3.05) is 10.1 Å². The summed E-state index contributed by atoms with van der Waals surface area (Å²) in [4.78, 5) is 10.3. The monoisotopic (exact) mass is 536 g/mol. The molecule has 11 heteroatoms. The normalized spacial score (nSPS) is 11.3. The predicted octanol–water partition coefficient (Wildman–Crippen LogP) is 6.07. The maximum atomic E-state index is 13.1. The van der Waals surface area contributed by atoms with Crippen LogP contribution in [0.25, 0.3) is 0 Å². The van der Waals surface area contributed by atoms with Gasteiger partial charge in [0.05, 0.1) is 16.8 Å². The fourth-order valence-electron chi connectivity index (χ4n) is 3.27. The Morgan fingerprint density at radius 3 is 2.43 bits per heavy atom. The van der Waals surface area contributed by atoms with Crippen molar-refractivity contribution in [2.45, 2.75) is 11.5 Å². The summed E-state index contributed by atoms with van der Waals surface area (Å²) < 4.78 is 34.4. The van der Waals surface area contributed by atoms with E-state index in [1.807, 2.05) is 36.4 Å². The summed E-state index contributed by atoms with van der Waals surface area (Å²) in [7, 11) is -4.20. The van der Waals surface area contributed by atoms with Gasteiger partial charge in [0.25, 0.3) is 15.7 Å². The second-order valence-corrected chi connectivity index (χ2v) is 9.85. The number of non-ortho nitro benzene ring substituents is 1. The lowest BCUT2D eigenvalue weighted by atomic mass is 10.2. The molecule has 0 amide bonds. The van der Waals surface area contributed by atoms with Gasteiger partial charge in [0, 0.05) is 22.8 Å². The Morgan fingerprint density at radius 1 is 0.946 bits per heavy atom. The van der Waals surface area contributed by atoms with Crippen LogP contribution in [0, 0.1) is 10.1 Å². The van der Waals surface area contributed by atoms with Crippen LogP contribution in [-0.2, 0) is 16.6 Å². The first kappa shape index (κ1) is 25.7. The van der Waals surface area contributed by atoms with Crippen molar-refractivity contribution in [2.24, 2.45) is 5.10 Å². The average molecular weight is 537 g/mol. The molecule has 0 saturated carbocycles. The molecule has 0 aliphatic rings. The van der Waals surface area contributed by atoms with E-state index in [9.17, 15) is 18.5 Å². The number of ether oxygens (including phenoxy) is 1. The molecule has 4 aromatic rings. The highest BCUT2D eigenvalue weighted by atomic mass is 35.5. The van der Waals surface area contributed by atoms with E-state index >= 15 is 0 Å². The number of hydrogen-bond acceptors (Lipinski definition) is 7. The topological polar surface area (TPSA) is 123 Å². The molecule has 2 N–H and O–H groups in total. The molecule has 0 aliphatic carbocycles. The number of nitro benzene ring substituents is 1. The maximum absolute atomic E-state index is 13.1. The maximum Gasteiger partial charge on any atom is 0.270 e. The third-order valence-electron chi connectivity index (χ3n) is 5.07. The van der Waals surface area contributed by atoms with Gasteiger partial charge in [0.2, 0.25) is 0 Å². The Kier molecular flexibility index (Phi) is 8.02. The minimum Gasteiger partial charge on any atom is -0.489 e. The van der Waals surface area contributed by atoms with Crippen LogP contribution in [0.15, 0.2) is 107 Å². The van der Waals surface area contributed by atoms with Gasteiger partial charge in [-0.05, 0) is 53.6 Å². The third kappa shape index (κ3) is 7.06. The standard InChI is InChI=1S/C26H21ClN4O5S/c27-21-9-11-22(12-10-21)30-37(34,35)26-16-23(31(32)33)13-14-25(26)29-28-17-20-7-4-8-24(15-20)36-18-19-5-2-1-3-6-19/h1-17,29-30H,18H2/b28-17-. The van der Waals surface area contributed by atoms with Crippen LogP contribution in [0.2, 0.25) is 5.02 Å².